The van der Waals surface area contributed by atoms with Crippen molar-refractivity contribution in [2.45, 2.75) is 78.9 Å². The summed E-state index contributed by atoms with van der Waals surface area (Å²) in [4.78, 5) is 30.0. The van der Waals surface area contributed by atoms with Crippen LogP contribution in [0, 0.1) is 27.7 Å². The lowest BCUT2D eigenvalue weighted by Gasteiger charge is -2.34. The maximum atomic E-state index is 15.4. The Morgan fingerprint density at radius 1 is 1.02 bits per heavy atom. The molecule has 1 fully saturated rings. The van der Waals surface area contributed by atoms with Gasteiger partial charge in [-0.25, -0.2) is 4.79 Å². The van der Waals surface area contributed by atoms with Gasteiger partial charge in [-0.2, -0.15) is 5.10 Å². The molecule has 2 aliphatic rings. The van der Waals surface area contributed by atoms with Gasteiger partial charge in [0.25, 0.3) is 5.91 Å². The Hall–Kier alpha value is -4.77. The Morgan fingerprint density at radius 2 is 1.79 bits per heavy atom. The van der Waals surface area contributed by atoms with E-state index in [0.717, 1.165) is 103 Å². The molecule has 1 saturated heterocycles. The zero-order chi connectivity index (χ0) is 39.6. The van der Waals surface area contributed by atoms with Crippen LogP contribution in [0.15, 0.2) is 48.7 Å². The zero-order valence-corrected chi connectivity index (χ0v) is 34.6. The number of benzene rings is 3. The molecular formula is C44H48Cl2N6O4. The maximum Gasteiger partial charge on any atom is 0.337 e. The molecule has 1 N–H and O–H groups in total. The number of rotatable bonds is 10. The van der Waals surface area contributed by atoms with Crippen molar-refractivity contribution in [2.75, 3.05) is 31.7 Å². The molecule has 1 amide bonds. The summed E-state index contributed by atoms with van der Waals surface area (Å²) in [5.41, 5.74) is 10.4. The fraction of sp³-hybridized carbons (Fsp3) is 0.386. The molecule has 5 heterocycles. The summed E-state index contributed by atoms with van der Waals surface area (Å²) in [5.74, 6) is 0.263. The van der Waals surface area contributed by atoms with Gasteiger partial charge in [-0.15, -0.1) is 0 Å². The average Bonchev–Trinajstić information content (AvgIpc) is 3.95. The van der Waals surface area contributed by atoms with Crippen LogP contribution in [0.2, 0.25) is 10.0 Å². The molecule has 6 aromatic rings. The Kier molecular flexibility index (Phi) is 10.2. The number of anilines is 1. The van der Waals surface area contributed by atoms with E-state index in [1.165, 1.54) is 7.11 Å². The number of aromatic nitrogens is 4. The molecule has 0 aliphatic carbocycles. The van der Waals surface area contributed by atoms with Gasteiger partial charge in [-0.1, -0.05) is 29.3 Å². The van der Waals surface area contributed by atoms with E-state index in [1.54, 1.807) is 6.07 Å². The van der Waals surface area contributed by atoms with Gasteiger partial charge in [-0.3, -0.25) is 9.48 Å². The lowest BCUT2D eigenvalue weighted by molar-refractivity contribution is 0.0600. The highest BCUT2D eigenvalue weighted by Crippen LogP contribution is 2.46. The Labute approximate surface area is 337 Å². The van der Waals surface area contributed by atoms with Gasteiger partial charge in [0.1, 0.15) is 11.4 Å². The molecule has 0 bridgehead atoms. The molecule has 2 aliphatic heterocycles. The van der Waals surface area contributed by atoms with Crippen molar-refractivity contribution >= 4 is 62.6 Å². The van der Waals surface area contributed by atoms with E-state index in [0.29, 0.717) is 48.3 Å². The monoisotopic (exact) mass is 794 g/mol. The highest BCUT2D eigenvalue weighted by molar-refractivity contribution is 6.35. The largest absolute Gasteiger partial charge is 0.494 e. The molecular weight excluding hydrogens is 747 g/mol. The number of nitrogens with zero attached hydrogens (tertiary/aromatic N) is 5. The van der Waals surface area contributed by atoms with E-state index in [9.17, 15) is 4.79 Å². The van der Waals surface area contributed by atoms with Crippen molar-refractivity contribution in [1.29, 1.82) is 0 Å². The fourth-order valence-corrected chi connectivity index (χ4v) is 9.33. The number of aryl methyl sites for hydroxylation is 5. The first-order chi connectivity index (χ1) is 26.9. The minimum absolute atomic E-state index is 0.0950. The first-order valence-electron chi connectivity index (χ1n) is 19.4. The van der Waals surface area contributed by atoms with Crippen LogP contribution >= 0.6 is 23.2 Å². The summed E-state index contributed by atoms with van der Waals surface area (Å²) in [6.07, 6.45) is 5.58. The predicted molar refractivity (Wildman–Crippen MR) is 224 cm³/mol. The molecule has 292 valence electrons. The summed E-state index contributed by atoms with van der Waals surface area (Å²) < 4.78 is 17.7. The molecule has 0 saturated carbocycles. The van der Waals surface area contributed by atoms with Gasteiger partial charge < -0.3 is 28.8 Å². The molecule has 3 aromatic heterocycles. The Morgan fingerprint density at radius 3 is 2.46 bits per heavy atom. The van der Waals surface area contributed by atoms with Gasteiger partial charge in [-0.05, 0) is 120 Å². The third-order valence-electron chi connectivity index (χ3n) is 11.7. The van der Waals surface area contributed by atoms with E-state index < -0.39 is 5.97 Å². The zero-order valence-electron chi connectivity index (χ0n) is 33.1. The first kappa shape index (κ1) is 38.1. The number of carbonyl (C=O) groups excluding carboxylic acids is 2. The maximum absolute atomic E-state index is 15.4. The quantitative estimate of drug-likeness (QED) is 0.110. The van der Waals surface area contributed by atoms with Crippen molar-refractivity contribution < 1.29 is 19.1 Å². The highest BCUT2D eigenvalue weighted by atomic mass is 35.5. The van der Waals surface area contributed by atoms with E-state index in [2.05, 4.69) is 40.6 Å². The standard InChI is InChI=1S/C44H48Cl2N6O4/c1-24-18-31(19-25(2)40(24)46)56-17-9-11-32-33-13-14-35(45)39(38-27(4)48-49(6)28(38)5)41(33)52-26(3)21-51(43(53)42(32)52)37-23-50(22-30-10-8-16-47-30)36-15-12-29(20-34(36)37)44(54)55-7/h12-15,18-20,23,26,30,47H,8-11,16-17,21-22H2,1-7H3/t26-,30-/m1/s1. The third-order valence-corrected chi connectivity index (χ3v) is 12.6. The summed E-state index contributed by atoms with van der Waals surface area (Å²) in [7, 11) is 3.33. The molecule has 0 spiro atoms. The van der Waals surface area contributed by atoms with Crippen molar-refractivity contribution in [1.82, 2.24) is 24.2 Å². The molecule has 12 heteroatoms. The number of nitrogens with one attached hydrogen (secondary N) is 1. The number of esters is 1. The van der Waals surface area contributed by atoms with Gasteiger partial charge >= 0.3 is 5.97 Å². The van der Waals surface area contributed by atoms with Crippen molar-refractivity contribution in [3.63, 3.8) is 0 Å². The fourth-order valence-electron chi connectivity index (χ4n) is 8.98. The van der Waals surface area contributed by atoms with Crippen LogP contribution in [0.4, 0.5) is 5.69 Å². The molecule has 56 heavy (non-hydrogen) atoms. The Balaban J connectivity index is 1.27. The lowest BCUT2D eigenvalue weighted by Crippen LogP contribution is -2.42. The summed E-state index contributed by atoms with van der Waals surface area (Å²) >= 11 is 13.6. The number of halogens is 2. The van der Waals surface area contributed by atoms with Crippen LogP contribution in [0.5, 0.6) is 5.75 Å². The number of amides is 1. The SMILES string of the molecule is COC(=O)c1ccc2c(c1)c(N1C[C@@H](C)n3c(c(CCCOc4cc(C)c(Cl)c(C)c4)c4ccc(Cl)c(-c5c(C)nn(C)c5C)c43)C1=O)cn2C[C@H]1CCCN1. The number of carbonyl (C=O) groups is 2. The van der Waals surface area contributed by atoms with Gasteiger partial charge in [0.05, 0.1) is 46.7 Å². The second-order valence-electron chi connectivity index (χ2n) is 15.5. The molecule has 0 radical (unpaired) electrons. The van der Waals surface area contributed by atoms with Crippen molar-refractivity contribution in [3.05, 3.63) is 98.0 Å². The summed E-state index contributed by atoms with van der Waals surface area (Å²) in [6, 6.07) is 13.8. The number of fused-ring (bicyclic) bond motifs is 4. The topological polar surface area (TPSA) is 95.6 Å². The number of hydrogen-bond donors (Lipinski definition) is 1. The second kappa shape index (κ2) is 15.0. The van der Waals surface area contributed by atoms with Gasteiger partial charge in [0.2, 0.25) is 0 Å². The number of ether oxygens (including phenoxy) is 2. The average molecular weight is 796 g/mol. The van der Waals surface area contributed by atoms with E-state index in [4.69, 9.17) is 37.8 Å². The van der Waals surface area contributed by atoms with Crippen LogP contribution in [0.1, 0.15) is 81.2 Å². The summed E-state index contributed by atoms with van der Waals surface area (Å²) in [5, 5.41) is 11.5. The van der Waals surface area contributed by atoms with Crippen molar-refractivity contribution in [3.8, 4) is 16.9 Å². The molecule has 8 rings (SSSR count). The molecule has 2 atom stereocenters. The van der Waals surface area contributed by atoms with Crippen LogP contribution in [0.3, 0.4) is 0 Å². The van der Waals surface area contributed by atoms with Crippen LogP contribution in [-0.4, -0.2) is 63.6 Å². The predicted octanol–water partition coefficient (Wildman–Crippen LogP) is 9.31. The minimum Gasteiger partial charge on any atom is -0.494 e. The van der Waals surface area contributed by atoms with Gasteiger partial charge in [0.15, 0.2) is 0 Å². The first-order valence-corrected chi connectivity index (χ1v) is 20.1. The van der Waals surface area contributed by atoms with E-state index >= 15 is 4.79 Å². The van der Waals surface area contributed by atoms with Crippen molar-refractivity contribution in [2.24, 2.45) is 7.05 Å². The van der Waals surface area contributed by atoms with E-state index in [1.807, 2.05) is 67.7 Å². The second-order valence-corrected chi connectivity index (χ2v) is 16.2. The van der Waals surface area contributed by atoms with Gasteiger partial charge in [0, 0.05) is 71.0 Å². The van der Waals surface area contributed by atoms with Crippen LogP contribution in [-0.2, 0) is 24.8 Å². The minimum atomic E-state index is -0.416. The lowest BCUT2D eigenvalue weighted by atomic mass is 9.98. The molecule has 3 aromatic carbocycles. The van der Waals surface area contributed by atoms with Crippen LogP contribution in [0.25, 0.3) is 32.9 Å². The molecule has 0 unspecified atom stereocenters. The highest BCUT2D eigenvalue weighted by Gasteiger charge is 2.38. The third kappa shape index (κ3) is 6.45. The number of methoxy groups -OCH3 is 1. The molecule has 10 nitrogen and oxygen atoms in total. The smallest absolute Gasteiger partial charge is 0.337 e. The van der Waals surface area contributed by atoms with Crippen LogP contribution < -0.4 is 15.0 Å². The van der Waals surface area contributed by atoms with E-state index in [-0.39, 0.29) is 11.9 Å². The number of hydrogen-bond acceptors (Lipinski definition) is 6. The normalized spacial score (nSPS) is 17.0. The summed E-state index contributed by atoms with van der Waals surface area (Å²) in [6.45, 7) is 12.8. The Bertz CT molecular complexity index is 2520.